The number of hydrogen-bond donors (Lipinski definition) is 1. The summed E-state index contributed by atoms with van der Waals surface area (Å²) in [4.78, 5) is 10.6. The second kappa shape index (κ2) is 4.84. The van der Waals surface area contributed by atoms with E-state index in [1.165, 1.54) is 0 Å². The van der Waals surface area contributed by atoms with Gasteiger partial charge in [-0.2, -0.15) is 0 Å². The number of aliphatic carboxylic acids is 1. The maximum atomic E-state index is 14.2. The Kier molecular flexibility index (Phi) is 3.43. The minimum atomic E-state index is -1.29. The van der Waals surface area contributed by atoms with E-state index in [-0.39, 0.29) is 13.0 Å². The van der Waals surface area contributed by atoms with Crippen LogP contribution >= 0.6 is 0 Å². The van der Waals surface area contributed by atoms with Crippen LogP contribution in [0.4, 0.5) is 4.39 Å². The third-order valence-electron chi connectivity index (χ3n) is 2.92. The zero-order valence-corrected chi connectivity index (χ0v) is 9.49. The van der Waals surface area contributed by atoms with Crippen molar-refractivity contribution >= 4 is 5.97 Å². The van der Waals surface area contributed by atoms with Crippen molar-refractivity contribution in [3.05, 3.63) is 35.4 Å². The van der Waals surface area contributed by atoms with Gasteiger partial charge in [-0.1, -0.05) is 24.3 Å². The van der Waals surface area contributed by atoms with Gasteiger partial charge in [-0.25, -0.2) is 4.39 Å². The number of halogens is 1. The summed E-state index contributed by atoms with van der Waals surface area (Å²) >= 11 is 0. The molecule has 1 N–H and O–H groups in total. The largest absolute Gasteiger partial charge is 0.481 e. The molecule has 0 spiro atoms. The van der Waals surface area contributed by atoms with Gasteiger partial charge in [-0.3, -0.25) is 4.79 Å². The number of benzene rings is 1. The molecule has 2 rings (SSSR count). The number of ether oxygens (including phenoxy) is 1. The summed E-state index contributed by atoms with van der Waals surface area (Å²) < 4.78 is 19.2. The summed E-state index contributed by atoms with van der Waals surface area (Å²) in [6.45, 7) is 0.599. The fourth-order valence-corrected chi connectivity index (χ4v) is 2.11. The van der Waals surface area contributed by atoms with Crippen LogP contribution in [0.5, 0.6) is 0 Å². The van der Waals surface area contributed by atoms with Gasteiger partial charge in [-0.15, -0.1) is 0 Å². The van der Waals surface area contributed by atoms with Gasteiger partial charge in [0.2, 0.25) is 0 Å². The van der Waals surface area contributed by atoms with Gasteiger partial charge in [0.1, 0.15) is 5.67 Å². The van der Waals surface area contributed by atoms with E-state index in [0.29, 0.717) is 25.0 Å². The highest BCUT2D eigenvalue weighted by molar-refractivity contribution is 5.70. The number of carboxylic acid groups (broad SMARTS) is 1. The van der Waals surface area contributed by atoms with Crippen molar-refractivity contribution in [2.75, 3.05) is 13.2 Å². The smallest absolute Gasteiger partial charge is 0.307 e. The lowest BCUT2D eigenvalue weighted by Gasteiger charge is -2.17. The maximum Gasteiger partial charge on any atom is 0.307 e. The highest BCUT2D eigenvalue weighted by Gasteiger charge is 2.34. The summed E-state index contributed by atoms with van der Waals surface area (Å²) in [7, 11) is 0. The molecular weight excluding hydrogens is 223 g/mol. The van der Waals surface area contributed by atoms with Gasteiger partial charge in [0.25, 0.3) is 0 Å². The van der Waals surface area contributed by atoms with E-state index in [1.54, 1.807) is 18.2 Å². The first-order valence-electron chi connectivity index (χ1n) is 5.64. The van der Waals surface area contributed by atoms with E-state index < -0.39 is 11.6 Å². The predicted octanol–water partition coefficient (Wildman–Crippen LogP) is 1.98. The second-order valence-corrected chi connectivity index (χ2v) is 4.52. The molecule has 3 nitrogen and oxygen atoms in total. The van der Waals surface area contributed by atoms with Crippen LogP contribution in [0, 0.1) is 0 Å². The van der Waals surface area contributed by atoms with E-state index in [2.05, 4.69) is 0 Å². The van der Waals surface area contributed by atoms with Crippen molar-refractivity contribution in [1.29, 1.82) is 0 Å². The number of hydrogen-bond acceptors (Lipinski definition) is 2. The zero-order chi connectivity index (χ0) is 12.3. The summed E-state index contributed by atoms with van der Waals surface area (Å²) in [5, 5.41) is 8.70. The number of carboxylic acids is 1. The Morgan fingerprint density at radius 1 is 1.47 bits per heavy atom. The summed E-state index contributed by atoms with van der Waals surface area (Å²) in [6.07, 6.45) is 0.681. The minimum Gasteiger partial charge on any atom is -0.481 e. The van der Waals surface area contributed by atoms with Crippen LogP contribution < -0.4 is 0 Å². The van der Waals surface area contributed by atoms with Crippen LogP contribution in [0.15, 0.2) is 24.3 Å². The fraction of sp³-hybridized carbons (Fsp3) is 0.462. The van der Waals surface area contributed by atoms with Crippen LogP contribution in [0.25, 0.3) is 0 Å². The van der Waals surface area contributed by atoms with Crippen LogP contribution in [0.3, 0.4) is 0 Å². The Hall–Kier alpha value is -1.42. The lowest BCUT2D eigenvalue weighted by Crippen LogP contribution is -2.25. The first-order valence-corrected chi connectivity index (χ1v) is 5.64. The standard InChI is InChI=1S/C13H15FO3/c14-13(4-5-17-9-13)8-11-3-1-2-10(6-11)7-12(15)16/h1-3,6H,4-5,7-9H2,(H,15,16). The molecule has 1 atom stereocenters. The molecule has 1 aliphatic rings. The van der Waals surface area contributed by atoms with Crippen LogP contribution in [0.1, 0.15) is 17.5 Å². The van der Waals surface area contributed by atoms with Crippen molar-refractivity contribution in [2.24, 2.45) is 0 Å². The Morgan fingerprint density at radius 3 is 2.88 bits per heavy atom. The summed E-state index contributed by atoms with van der Waals surface area (Å²) in [6, 6.07) is 7.10. The van der Waals surface area contributed by atoms with E-state index in [1.807, 2.05) is 6.07 Å². The van der Waals surface area contributed by atoms with Gasteiger partial charge in [0, 0.05) is 19.4 Å². The van der Waals surface area contributed by atoms with E-state index in [0.717, 1.165) is 5.56 Å². The topological polar surface area (TPSA) is 46.5 Å². The molecular formula is C13H15FO3. The number of carbonyl (C=O) groups is 1. The first-order chi connectivity index (χ1) is 8.07. The molecule has 1 aromatic rings. The van der Waals surface area contributed by atoms with Crippen molar-refractivity contribution in [1.82, 2.24) is 0 Å². The third kappa shape index (κ3) is 3.27. The van der Waals surface area contributed by atoms with E-state index in [9.17, 15) is 9.18 Å². The third-order valence-corrected chi connectivity index (χ3v) is 2.92. The zero-order valence-electron chi connectivity index (χ0n) is 9.49. The molecule has 0 aliphatic carbocycles. The minimum absolute atomic E-state index is 0.0242. The van der Waals surface area contributed by atoms with Gasteiger partial charge in [0.15, 0.2) is 0 Å². The molecule has 1 heterocycles. The molecule has 1 saturated heterocycles. The van der Waals surface area contributed by atoms with Gasteiger partial charge < -0.3 is 9.84 Å². The Balaban J connectivity index is 2.08. The summed E-state index contributed by atoms with van der Waals surface area (Å²) in [5.41, 5.74) is 0.247. The lowest BCUT2D eigenvalue weighted by molar-refractivity contribution is -0.136. The molecule has 92 valence electrons. The van der Waals surface area contributed by atoms with Crippen molar-refractivity contribution < 1.29 is 19.0 Å². The van der Waals surface area contributed by atoms with Gasteiger partial charge in [-0.05, 0) is 11.1 Å². The quantitative estimate of drug-likeness (QED) is 0.872. The highest BCUT2D eigenvalue weighted by Crippen LogP contribution is 2.27. The molecule has 17 heavy (non-hydrogen) atoms. The van der Waals surface area contributed by atoms with Gasteiger partial charge in [0.05, 0.1) is 13.0 Å². The molecule has 1 aliphatic heterocycles. The SMILES string of the molecule is O=C(O)Cc1cccc(CC2(F)CCOC2)c1. The molecule has 0 amide bonds. The fourth-order valence-electron chi connectivity index (χ4n) is 2.11. The molecule has 0 aromatic heterocycles. The molecule has 4 heteroatoms. The van der Waals surface area contributed by atoms with E-state index in [4.69, 9.17) is 9.84 Å². The molecule has 1 unspecified atom stereocenters. The average Bonchev–Trinajstić information content (AvgIpc) is 2.64. The maximum absolute atomic E-state index is 14.2. The van der Waals surface area contributed by atoms with E-state index >= 15 is 0 Å². The average molecular weight is 238 g/mol. The number of rotatable bonds is 4. The highest BCUT2D eigenvalue weighted by atomic mass is 19.1. The van der Waals surface area contributed by atoms with Crippen molar-refractivity contribution in [3.63, 3.8) is 0 Å². The predicted molar refractivity (Wildman–Crippen MR) is 60.8 cm³/mol. The number of alkyl halides is 1. The van der Waals surface area contributed by atoms with Crippen LogP contribution in [-0.4, -0.2) is 30.0 Å². The van der Waals surface area contributed by atoms with Gasteiger partial charge >= 0.3 is 5.97 Å². The van der Waals surface area contributed by atoms with Crippen LogP contribution in [-0.2, 0) is 22.4 Å². The second-order valence-electron chi connectivity index (χ2n) is 4.52. The Labute approximate surface area is 99.2 Å². The first kappa shape index (κ1) is 12.0. The monoisotopic (exact) mass is 238 g/mol. The van der Waals surface area contributed by atoms with Crippen LogP contribution in [0.2, 0.25) is 0 Å². The lowest BCUT2D eigenvalue weighted by atomic mass is 9.94. The Morgan fingerprint density at radius 2 is 2.24 bits per heavy atom. The normalized spacial score (nSPS) is 23.8. The molecule has 0 bridgehead atoms. The summed E-state index contributed by atoms with van der Waals surface area (Å²) in [5.74, 6) is -0.874. The molecule has 0 radical (unpaired) electrons. The van der Waals surface area contributed by atoms with Crippen molar-refractivity contribution in [3.8, 4) is 0 Å². The van der Waals surface area contributed by atoms with Crippen molar-refractivity contribution in [2.45, 2.75) is 24.9 Å². The molecule has 0 saturated carbocycles. The molecule has 1 fully saturated rings. The Bertz CT molecular complexity index is 411. The molecule has 1 aromatic carbocycles.